The van der Waals surface area contributed by atoms with Gasteiger partial charge in [0.1, 0.15) is 0 Å². The molecule has 1 saturated heterocycles. The summed E-state index contributed by atoms with van der Waals surface area (Å²) >= 11 is 0. The second kappa shape index (κ2) is 9.02. The molecule has 5 heteroatoms. The SMILES string of the molecule is CC(CC(=O)N1CCC(NCC2CC2)CC1)NC(=O)C1CCCCC1. The molecule has 0 aromatic heterocycles. The van der Waals surface area contributed by atoms with E-state index in [1.54, 1.807) is 0 Å². The van der Waals surface area contributed by atoms with Gasteiger partial charge in [0.15, 0.2) is 0 Å². The number of nitrogens with one attached hydrogen (secondary N) is 2. The lowest BCUT2D eigenvalue weighted by Crippen LogP contribution is -2.47. The van der Waals surface area contributed by atoms with E-state index in [1.807, 2.05) is 11.8 Å². The molecule has 2 aliphatic carbocycles. The van der Waals surface area contributed by atoms with Crippen molar-refractivity contribution in [3.05, 3.63) is 0 Å². The molecule has 2 saturated carbocycles. The molecule has 0 aromatic carbocycles. The van der Waals surface area contributed by atoms with Crippen LogP contribution in [0.3, 0.4) is 0 Å². The van der Waals surface area contributed by atoms with Gasteiger partial charge >= 0.3 is 0 Å². The third kappa shape index (κ3) is 5.98. The molecule has 0 bridgehead atoms. The normalized spacial score (nSPS) is 24.1. The Kier molecular flexibility index (Phi) is 6.74. The van der Waals surface area contributed by atoms with Crippen LogP contribution in [0.5, 0.6) is 0 Å². The van der Waals surface area contributed by atoms with Crippen molar-refractivity contribution in [3.8, 4) is 0 Å². The first-order valence-corrected chi connectivity index (χ1v) is 10.4. The lowest BCUT2D eigenvalue weighted by molar-refractivity contribution is -0.133. The van der Waals surface area contributed by atoms with E-state index in [0.29, 0.717) is 12.5 Å². The smallest absolute Gasteiger partial charge is 0.224 e. The third-order valence-electron chi connectivity index (χ3n) is 6.09. The van der Waals surface area contributed by atoms with Crippen LogP contribution in [0.2, 0.25) is 0 Å². The topological polar surface area (TPSA) is 61.4 Å². The van der Waals surface area contributed by atoms with E-state index in [4.69, 9.17) is 0 Å². The second-order valence-electron chi connectivity index (χ2n) is 8.46. The molecule has 0 aromatic rings. The van der Waals surface area contributed by atoms with Crippen LogP contribution in [0.25, 0.3) is 0 Å². The molecule has 5 nitrogen and oxygen atoms in total. The number of likely N-dealkylation sites (tertiary alicyclic amines) is 1. The average molecular weight is 350 g/mol. The number of nitrogens with zero attached hydrogens (tertiary/aromatic N) is 1. The molecule has 1 unspecified atom stereocenters. The van der Waals surface area contributed by atoms with Gasteiger partial charge < -0.3 is 15.5 Å². The Morgan fingerprint density at radius 1 is 1.00 bits per heavy atom. The highest BCUT2D eigenvalue weighted by Crippen LogP contribution is 2.28. The molecule has 2 amide bonds. The van der Waals surface area contributed by atoms with Crippen molar-refractivity contribution in [2.75, 3.05) is 19.6 Å². The molecule has 1 heterocycles. The van der Waals surface area contributed by atoms with Crippen LogP contribution in [-0.2, 0) is 9.59 Å². The second-order valence-corrected chi connectivity index (χ2v) is 8.46. The first-order valence-electron chi connectivity index (χ1n) is 10.4. The number of hydrogen-bond donors (Lipinski definition) is 2. The van der Waals surface area contributed by atoms with E-state index < -0.39 is 0 Å². The maximum atomic E-state index is 12.5. The summed E-state index contributed by atoms with van der Waals surface area (Å²) in [5.41, 5.74) is 0. The first kappa shape index (κ1) is 18.7. The number of hydrogen-bond acceptors (Lipinski definition) is 3. The molecule has 3 rings (SSSR count). The van der Waals surface area contributed by atoms with E-state index in [2.05, 4.69) is 10.6 Å². The molecule has 0 spiro atoms. The van der Waals surface area contributed by atoms with Crippen LogP contribution >= 0.6 is 0 Å². The molecule has 3 aliphatic rings. The zero-order valence-electron chi connectivity index (χ0n) is 15.8. The van der Waals surface area contributed by atoms with Gasteiger partial charge in [-0.2, -0.15) is 0 Å². The lowest BCUT2D eigenvalue weighted by Gasteiger charge is -2.33. The van der Waals surface area contributed by atoms with Crippen molar-refractivity contribution in [1.29, 1.82) is 0 Å². The summed E-state index contributed by atoms with van der Waals surface area (Å²) < 4.78 is 0. The van der Waals surface area contributed by atoms with Gasteiger partial charge in [0.05, 0.1) is 0 Å². The minimum Gasteiger partial charge on any atom is -0.353 e. The summed E-state index contributed by atoms with van der Waals surface area (Å²) in [7, 11) is 0. The molecular formula is C20H35N3O2. The van der Waals surface area contributed by atoms with Crippen molar-refractivity contribution in [2.45, 2.75) is 83.2 Å². The Morgan fingerprint density at radius 3 is 2.32 bits per heavy atom. The maximum absolute atomic E-state index is 12.5. The van der Waals surface area contributed by atoms with Crippen LogP contribution in [0.4, 0.5) is 0 Å². The van der Waals surface area contributed by atoms with Crippen LogP contribution in [0, 0.1) is 11.8 Å². The number of carbonyl (C=O) groups excluding carboxylic acids is 2. The van der Waals surface area contributed by atoms with E-state index in [9.17, 15) is 9.59 Å². The van der Waals surface area contributed by atoms with Crippen LogP contribution in [0.1, 0.15) is 71.1 Å². The molecule has 142 valence electrons. The molecule has 0 radical (unpaired) electrons. The van der Waals surface area contributed by atoms with Gasteiger partial charge in [-0.25, -0.2) is 0 Å². The molecule has 1 atom stereocenters. The van der Waals surface area contributed by atoms with Gasteiger partial charge in [0.2, 0.25) is 11.8 Å². The molecule has 2 N–H and O–H groups in total. The highest BCUT2D eigenvalue weighted by atomic mass is 16.2. The zero-order chi connectivity index (χ0) is 17.6. The van der Waals surface area contributed by atoms with E-state index in [-0.39, 0.29) is 23.8 Å². The molecule has 1 aliphatic heterocycles. The van der Waals surface area contributed by atoms with Gasteiger partial charge in [0, 0.05) is 37.5 Å². The Labute approximate surface area is 152 Å². The predicted octanol–water partition coefficient (Wildman–Crippen LogP) is 2.45. The molecule has 25 heavy (non-hydrogen) atoms. The summed E-state index contributed by atoms with van der Waals surface area (Å²) in [6, 6.07) is 0.515. The highest BCUT2D eigenvalue weighted by molar-refractivity contribution is 5.81. The Hall–Kier alpha value is -1.10. The van der Waals surface area contributed by atoms with Crippen LogP contribution < -0.4 is 10.6 Å². The summed E-state index contributed by atoms with van der Waals surface area (Å²) in [5, 5.41) is 6.72. The third-order valence-corrected chi connectivity index (χ3v) is 6.09. The van der Waals surface area contributed by atoms with E-state index in [1.165, 1.54) is 19.3 Å². The van der Waals surface area contributed by atoms with Crippen molar-refractivity contribution < 1.29 is 9.59 Å². The average Bonchev–Trinajstić information content (AvgIpc) is 3.45. The van der Waals surface area contributed by atoms with Crippen LogP contribution in [-0.4, -0.2) is 48.4 Å². The number of carbonyl (C=O) groups is 2. The van der Waals surface area contributed by atoms with Crippen LogP contribution in [0.15, 0.2) is 0 Å². The monoisotopic (exact) mass is 349 g/mol. The molecule has 3 fully saturated rings. The Balaban J connectivity index is 1.33. The zero-order valence-corrected chi connectivity index (χ0v) is 15.8. The first-order chi connectivity index (χ1) is 12.1. The maximum Gasteiger partial charge on any atom is 0.224 e. The quantitative estimate of drug-likeness (QED) is 0.742. The van der Waals surface area contributed by atoms with Gasteiger partial charge in [-0.3, -0.25) is 9.59 Å². The van der Waals surface area contributed by atoms with Crippen molar-refractivity contribution in [1.82, 2.24) is 15.5 Å². The lowest BCUT2D eigenvalue weighted by atomic mass is 9.88. The van der Waals surface area contributed by atoms with Crippen molar-refractivity contribution >= 4 is 11.8 Å². The largest absolute Gasteiger partial charge is 0.353 e. The summed E-state index contributed by atoms with van der Waals surface area (Å²) in [6.45, 7) is 4.82. The van der Waals surface area contributed by atoms with Gasteiger partial charge in [-0.15, -0.1) is 0 Å². The van der Waals surface area contributed by atoms with Gasteiger partial charge in [-0.1, -0.05) is 19.3 Å². The van der Waals surface area contributed by atoms with E-state index >= 15 is 0 Å². The predicted molar refractivity (Wildman–Crippen MR) is 99.1 cm³/mol. The van der Waals surface area contributed by atoms with Gasteiger partial charge in [-0.05, 0) is 57.9 Å². The minimum absolute atomic E-state index is 0.0624. The fourth-order valence-electron chi connectivity index (χ4n) is 4.16. The fourth-order valence-corrected chi connectivity index (χ4v) is 4.16. The number of rotatable bonds is 7. The Morgan fingerprint density at radius 2 is 1.68 bits per heavy atom. The van der Waals surface area contributed by atoms with Crippen molar-refractivity contribution in [3.63, 3.8) is 0 Å². The number of amides is 2. The van der Waals surface area contributed by atoms with Crippen molar-refractivity contribution in [2.24, 2.45) is 11.8 Å². The standard InChI is InChI=1S/C20H35N3O2/c1-15(22-20(25)17-5-3-2-4-6-17)13-19(24)23-11-9-18(10-12-23)21-14-16-7-8-16/h15-18,21H,2-14H2,1H3,(H,22,25). The number of piperidine rings is 1. The highest BCUT2D eigenvalue weighted by Gasteiger charge is 2.27. The fraction of sp³-hybridized carbons (Fsp3) is 0.900. The van der Waals surface area contributed by atoms with Gasteiger partial charge in [0.25, 0.3) is 0 Å². The summed E-state index contributed by atoms with van der Waals surface area (Å²) in [5.74, 6) is 1.42. The van der Waals surface area contributed by atoms with E-state index in [0.717, 1.165) is 64.1 Å². The summed E-state index contributed by atoms with van der Waals surface area (Å²) in [6.07, 6.45) is 10.9. The Bertz CT molecular complexity index is 450. The minimum atomic E-state index is -0.0624. The summed E-state index contributed by atoms with van der Waals surface area (Å²) in [4.78, 5) is 26.8. The molecular weight excluding hydrogens is 314 g/mol.